The average molecular weight is 557 g/mol. The lowest BCUT2D eigenvalue weighted by Crippen LogP contribution is -2.24. The summed E-state index contributed by atoms with van der Waals surface area (Å²) in [7, 11) is 1.57. The third-order valence-corrected chi connectivity index (χ3v) is 5.34. The summed E-state index contributed by atoms with van der Waals surface area (Å²) < 4.78 is 12.3. The molecule has 33 heavy (non-hydrogen) atoms. The van der Waals surface area contributed by atoms with Crippen molar-refractivity contribution in [3.05, 3.63) is 87.0 Å². The van der Waals surface area contributed by atoms with Crippen molar-refractivity contribution in [2.24, 2.45) is 5.10 Å². The van der Waals surface area contributed by atoms with E-state index in [9.17, 15) is 9.59 Å². The van der Waals surface area contributed by atoms with Gasteiger partial charge in [0.05, 0.1) is 16.9 Å². The van der Waals surface area contributed by atoms with Crippen LogP contribution in [-0.2, 0) is 16.2 Å². The normalized spacial score (nSPS) is 10.6. The molecule has 0 saturated heterocycles. The maximum Gasteiger partial charge on any atom is 0.249 e. The van der Waals surface area contributed by atoms with Crippen molar-refractivity contribution in [3.8, 4) is 11.5 Å². The molecule has 0 unspecified atom stereocenters. The molecule has 3 rings (SSSR count). The fourth-order valence-electron chi connectivity index (χ4n) is 2.89. The van der Waals surface area contributed by atoms with Gasteiger partial charge in [0.25, 0.3) is 0 Å². The number of anilines is 1. The van der Waals surface area contributed by atoms with Crippen LogP contribution in [0.5, 0.6) is 11.5 Å². The molecule has 0 aliphatic rings. The topological polar surface area (TPSA) is 89.0 Å². The molecule has 0 spiro atoms. The van der Waals surface area contributed by atoms with E-state index in [1.165, 1.54) is 6.21 Å². The van der Waals surface area contributed by atoms with E-state index in [1.54, 1.807) is 25.3 Å². The number of carbonyl (C=O) groups is 2. The van der Waals surface area contributed by atoms with E-state index in [1.807, 2.05) is 55.5 Å². The number of amides is 2. The summed E-state index contributed by atoms with van der Waals surface area (Å²) in [6.45, 7) is 2.38. The molecule has 0 atom stereocenters. The van der Waals surface area contributed by atoms with Crippen LogP contribution in [0, 0.1) is 10.5 Å². The van der Waals surface area contributed by atoms with Gasteiger partial charge in [-0.15, -0.1) is 0 Å². The second-order valence-corrected chi connectivity index (χ2v) is 8.35. The smallest absolute Gasteiger partial charge is 0.249 e. The molecule has 0 saturated carbocycles. The van der Waals surface area contributed by atoms with Crippen molar-refractivity contribution in [2.45, 2.75) is 20.0 Å². The molecular weight excluding hydrogens is 533 g/mol. The van der Waals surface area contributed by atoms with Crippen LogP contribution in [0.3, 0.4) is 0 Å². The third kappa shape index (κ3) is 7.60. The van der Waals surface area contributed by atoms with E-state index in [0.29, 0.717) is 29.4 Å². The molecular formula is C25H24IN3O4. The Hall–Kier alpha value is -3.40. The molecule has 0 radical (unpaired) electrons. The third-order valence-electron chi connectivity index (χ3n) is 4.54. The monoisotopic (exact) mass is 557 g/mol. The van der Waals surface area contributed by atoms with Gasteiger partial charge in [-0.25, -0.2) is 5.43 Å². The standard InChI is InChI=1S/C25H24IN3O4/c1-17-8-10-20(11-9-17)28-23(30)14-24(31)29-27-15-19-12-21(26)25(22(13-19)32-2)33-16-18-6-4-3-5-7-18/h3-13,15H,14,16H2,1-2H3,(H,28,30)(H,29,31). The van der Waals surface area contributed by atoms with Crippen molar-refractivity contribution >= 4 is 46.3 Å². The Balaban J connectivity index is 1.55. The molecule has 0 fully saturated rings. The van der Waals surface area contributed by atoms with E-state index in [4.69, 9.17) is 9.47 Å². The highest BCUT2D eigenvalue weighted by Crippen LogP contribution is 2.34. The van der Waals surface area contributed by atoms with Crippen LogP contribution >= 0.6 is 22.6 Å². The molecule has 3 aromatic carbocycles. The van der Waals surface area contributed by atoms with Crippen LogP contribution in [0.1, 0.15) is 23.1 Å². The van der Waals surface area contributed by atoms with Crippen LogP contribution in [0.25, 0.3) is 0 Å². The predicted molar refractivity (Wildman–Crippen MR) is 137 cm³/mol. The van der Waals surface area contributed by atoms with Gasteiger partial charge in [0.2, 0.25) is 11.8 Å². The minimum Gasteiger partial charge on any atom is -0.493 e. The Morgan fingerprint density at radius 3 is 2.45 bits per heavy atom. The molecule has 8 heteroatoms. The summed E-state index contributed by atoms with van der Waals surface area (Å²) in [5.41, 5.74) is 5.86. The Bertz CT molecular complexity index is 1130. The quantitative estimate of drug-likeness (QED) is 0.173. The van der Waals surface area contributed by atoms with Gasteiger partial charge >= 0.3 is 0 Å². The zero-order valence-corrected chi connectivity index (χ0v) is 20.5. The Kier molecular flexibility index (Phi) is 8.82. The number of aryl methyl sites for hydroxylation is 1. The van der Waals surface area contributed by atoms with Gasteiger partial charge in [-0.05, 0) is 64.9 Å². The molecule has 0 aliphatic heterocycles. The zero-order valence-electron chi connectivity index (χ0n) is 18.3. The van der Waals surface area contributed by atoms with E-state index >= 15 is 0 Å². The summed E-state index contributed by atoms with van der Waals surface area (Å²) in [6, 6.07) is 20.8. The molecule has 0 aromatic heterocycles. The molecule has 0 heterocycles. The first-order valence-corrected chi connectivity index (χ1v) is 11.2. The number of hydrazone groups is 1. The van der Waals surface area contributed by atoms with E-state index in [2.05, 4.69) is 38.4 Å². The number of nitrogens with zero attached hydrogens (tertiary/aromatic N) is 1. The van der Waals surface area contributed by atoms with Crippen molar-refractivity contribution in [2.75, 3.05) is 12.4 Å². The van der Waals surface area contributed by atoms with Crippen molar-refractivity contribution in [1.82, 2.24) is 5.43 Å². The highest BCUT2D eigenvalue weighted by molar-refractivity contribution is 14.1. The van der Waals surface area contributed by atoms with Crippen LogP contribution < -0.4 is 20.2 Å². The van der Waals surface area contributed by atoms with Crippen LogP contribution in [0.2, 0.25) is 0 Å². The lowest BCUT2D eigenvalue weighted by Gasteiger charge is -2.13. The molecule has 2 N–H and O–H groups in total. The average Bonchev–Trinajstić information content (AvgIpc) is 2.80. The molecule has 0 bridgehead atoms. The van der Waals surface area contributed by atoms with Crippen molar-refractivity contribution in [1.29, 1.82) is 0 Å². The van der Waals surface area contributed by atoms with Crippen LogP contribution in [-0.4, -0.2) is 25.1 Å². The number of carbonyl (C=O) groups excluding carboxylic acids is 2. The number of halogens is 1. The zero-order chi connectivity index (χ0) is 23.6. The van der Waals surface area contributed by atoms with Gasteiger partial charge in [0.1, 0.15) is 13.0 Å². The number of hydrogen-bond acceptors (Lipinski definition) is 5. The summed E-state index contributed by atoms with van der Waals surface area (Å²) in [5, 5.41) is 6.63. The first kappa shape index (κ1) is 24.2. The minimum absolute atomic E-state index is 0.335. The van der Waals surface area contributed by atoms with Crippen LogP contribution in [0.15, 0.2) is 71.8 Å². The number of methoxy groups -OCH3 is 1. The van der Waals surface area contributed by atoms with Gasteiger partial charge in [0.15, 0.2) is 11.5 Å². The number of nitrogens with one attached hydrogen (secondary N) is 2. The molecule has 170 valence electrons. The van der Waals surface area contributed by atoms with E-state index < -0.39 is 11.8 Å². The largest absolute Gasteiger partial charge is 0.493 e. The second kappa shape index (κ2) is 12.0. The number of rotatable bonds is 9. The van der Waals surface area contributed by atoms with Gasteiger partial charge in [-0.1, -0.05) is 48.0 Å². The highest BCUT2D eigenvalue weighted by Gasteiger charge is 2.12. The summed E-state index contributed by atoms with van der Waals surface area (Å²) >= 11 is 2.16. The number of benzene rings is 3. The lowest BCUT2D eigenvalue weighted by molar-refractivity contribution is -0.126. The SMILES string of the molecule is COc1cc(C=NNC(=O)CC(=O)Nc2ccc(C)cc2)cc(I)c1OCc1ccccc1. The molecule has 2 amide bonds. The summed E-state index contributed by atoms with van der Waals surface area (Å²) in [5.74, 6) is 0.266. The molecule has 3 aromatic rings. The van der Waals surface area contributed by atoms with Gasteiger partial charge in [0, 0.05) is 5.69 Å². The first-order valence-electron chi connectivity index (χ1n) is 10.2. The highest BCUT2D eigenvalue weighted by atomic mass is 127. The van der Waals surface area contributed by atoms with Crippen molar-refractivity contribution < 1.29 is 19.1 Å². The van der Waals surface area contributed by atoms with Gasteiger partial charge in [-0.3, -0.25) is 9.59 Å². The second-order valence-electron chi connectivity index (χ2n) is 7.19. The summed E-state index contributed by atoms with van der Waals surface area (Å²) in [4.78, 5) is 24.0. The Labute approximate surface area is 206 Å². The van der Waals surface area contributed by atoms with Gasteiger partial charge in [-0.2, -0.15) is 5.10 Å². The number of hydrogen-bond donors (Lipinski definition) is 2. The minimum atomic E-state index is -0.514. The maximum absolute atomic E-state index is 12.0. The Morgan fingerprint density at radius 1 is 1.03 bits per heavy atom. The van der Waals surface area contributed by atoms with Crippen molar-refractivity contribution in [3.63, 3.8) is 0 Å². The summed E-state index contributed by atoms with van der Waals surface area (Å²) in [6.07, 6.45) is 1.15. The van der Waals surface area contributed by atoms with Crippen LogP contribution in [0.4, 0.5) is 5.69 Å². The maximum atomic E-state index is 12.0. The van der Waals surface area contributed by atoms with Gasteiger partial charge < -0.3 is 14.8 Å². The first-order chi connectivity index (χ1) is 15.9. The molecule has 0 aliphatic carbocycles. The van der Waals surface area contributed by atoms with E-state index in [0.717, 1.165) is 14.7 Å². The fourth-order valence-corrected chi connectivity index (χ4v) is 3.67. The number of ether oxygens (including phenoxy) is 2. The molecule has 7 nitrogen and oxygen atoms in total. The van der Waals surface area contributed by atoms with E-state index in [-0.39, 0.29) is 6.42 Å². The lowest BCUT2D eigenvalue weighted by atomic mass is 10.2. The fraction of sp³-hybridized carbons (Fsp3) is 0.160. The predicted octanol–water partition coefficient (Wildman–Crippen LogP) is 4.67. The Morgan fingerprint density at radius 2 is 1.76 bits per heavy atom.